The molecule has 0 atom stereocenters. The van der Waals surface area contributed by atoms with Crippen LogP contribution in [0.1, 0.15) is 6.92 Å². The van der Waals surface area contributed by atoms with E-state index in [2.05, 4.69) is 5.92 Å². The summed E-state index contributed by atoms with van der Waals surface area (Å²) in [7, 11) is 0. The monoisotopic (exact) mass is 82.0 g/mol. The van der Waals surface area contributed by atoms with Crippen molar-refractivity contribution < 1.29 is 4.79 Å². The van der Waals surface area contributed by atoms with Gasteiger partial charge in [0.15, 0.2) is 0 Å². The molecule has 0 aromatic rings. The molecule has 0 unspecified atom stereocenters. The van der Waals surface area contributed by atoms with Crippen LogP contribution in [0.3, 0.4) is 0 Å². The van der Waals surface area contributed by atoms with Crippen LogP contribution in [0.5, 0.6) is 0 Å². The molecule has 0 saturated carbocycles. The summed E-state index contributed by atoms with van der Waals surface area (Å²) in [6.07, 6.45) is 0. The van der Waals surface area contributed by atoms with E-state index < -0.39 is 5.91 Å². The second-order valence-corrected chi connectivity index (χ2v) is 0.704. The average molecular weight is 82.1 g/mol. The van der Waals surface area contributed by atoms with Gasteiger partial charge in [0.2, 0.25) is 0 Å². The lowest BCUT2D eigenvalue weighted by molar-refractivity contribution is -0.113. The zero-order valence-electron chi connectivity index (χ0n) is 3.41. The van der Waals surface area contributed by atoms with Crippen molar-refractivity contribution in [3.05, 3.63) is 0 Å². The molecule has 0 aliphatic rings. The molecule has 0 spiro atoms. The number of amides is 1. The van der Waals surface area contributed by atoms with E-state index in [4.69, 9.17) is 5.73 Å². The van der Waals surface area contributed by atoms with Gasteiger partial charge in [0.25, 0.3) is 0 Å². The topological polar surface area (TPSA) is 40.9 Å². The number of carbonyl (C=O) groups excluding carboxylic acids is 1. The minimum Gasteiger partial charge on any atom is -0.258 e. The van der Waals surface area contributed by atoms with Gasteiger partial charge in [-0.15, -0.1) is 0 Å². The highest BCUT2D eigenvalue weighted by Crippen LogP contribution is 1.49. The molecule has 0 saturated heterocycles. The Morgan fingerprint density at radius 3 is 2.33 bits per heavy atom. The number of hydrogen-bond acceptors (Lipinski definition) is 1. The predicted octanol–water partition coefficient (Wildman–Crippen LogP) is -0.181. The van der Waals surface area contributed by atoms with Gasteiger partial charge >= 0.3 is 5.91 Å². The van der Waals surface area contributed by atoms with Crippen LogP contribution in [0.15, 0.2) is 0 Å². The Hall–Kier alpha value is -0.970. The van der Waals surface area contributed by atoms with Gasteiger partial charge in [-0.2, -0.15) is 0 Å². The molecule has 2 heteroatoms. The van der Waals surface area contributed by atoms with Gasteiger partial charge in [0.05, 0.1) is 0 Å². The maximum absolute atomic E-state index is 9.54. The predicted molar refractivity (Wildman–Crippen MR) is 21.6 cm³/mol. The summed E-state index contributed by atoms with van der Waals surface area (Å²) in [4.78, 5) is 9.54. The van der Waals surface area contributed by atoms with Crippen LogP contribution in [0.4, 0.5) is 0 Å². The second kappa shape index (κ2) is 2.28. The molecule has 1 N–H and O–H groups in total. The van der Waals surface area contributed by atoms with Crippen molar-refractivity contribution in [1.29, 1.82) is 0 Å². The lowest BCUT2D eigenvalue weighted by Gasteiger charge is -1.61. The number of rotatable bonds is 0. The summed E-state index contributed by atoms with van der Waals surface area (Å²) in [5.74, 6) is 3.44. The van der Waals surface area contributed by atoms with Gasteiger partial charge in [-0.1, -0.05) is 5.92 Å². The Morgan fingerprint density at radius 1 is 1.83 bits per heavy atom. The second-order valence-electron chi connectivity index (χ2n) is 0.704. The fourth-order valence-electron chi connectivity index (χ4n) is 0.114. The van der Waals surface area contributed by atoms with Gasteiger partial charge < -0.3 is 0 Å². The number of nitrogens with one attached hydrogen (secondary N) is 1. The maximum atomic E-state index is 9.54. The van der Waals surface area contributed by atoms with Crippen molar-refractivity contribution in [2.75, 3.05) is 0 Å². The van der Waals surface area contributed by atoms with E-state index in [1.165, 1.54) is 6.92 Å². The highest BCUT2D eigenvalue weighted by Gasteiger charge is 1.74. The van der Waals surface area contributed by atoms with E-state index in [9.17, 15) is 4.79 Å². The third-order valence-corrected chi connectivity index (χ3v) is 0.239. The molecular formula is C4H4NO. The number of hydrogen-bond donors (Lipinski definition) is 0. The molecule has 0 aromatic heterocycles. The van der Waals surface area contributed by atoms with Crippen molar-refractivity contribution in [2.24, 2.45) is 0 Å². The van der Waals surface area contributed by atoms with E-state index in [-0.39, 0.29) is 0 Å². The van der Waals surface area contributed by atoms with Crippen molar-refractivity contribution in [3.63, 3.8) is 0 Å². The standard InChI is InChI=1S/C4H4NO/c1-2-3-4(5)6/h5H,1H3. The lowest BCUT2D eigenvalue weighted by atomic mass is 10.6. The summed E-state index contributed by atoms with van der Waals surface area (Å²) in [5.41, 5.74) is 6.17. The molecule has 0 aliphatic carbocycles. The van der Waals surface area contributed by atoms with E-state index >= 15 is 0 Å². The van der Waals surface area contributed by atoms with E-state index in [1.807, 2.05) is 5.92 Å². The average Bonchev–Trinajstić information content (AvgIpc) is 1.35. The quantitative estimate of drug-likeness (QED) is 0.374. The molecule has 1 amide bonds. The molecule has 2 nitrogen and oxygen atoms in total. The van der Waals surface area contributed by atoms with Gasteiger partial charge in [0, 0.05) is 0 Å². The van der Waals surface area contributed by atoms with Crippen LogP contribution in [0.2, 0.25) is 0 Å². The minimum absolute atomic E-state index is 0.822. The SMILES string of the molecule is CC#CC([NH])=O. The summed E-state index contributed by atoms with van der Waals surface area (Å²) in [6, 6.07) is 0. The van der Waals surface area contributed by atoms with Crippen LogP contribution >= 0.6 is 0 Å². The Morgan fingerprint density at radius 2 is 2.33 bits per heavy atom. The Labute approximate surface area is 36.3 Å². The summed E-state index contributed by atoms with van der Waals surface area (Å²) < 4.78 is 0. The molecule has 31 valence electrons. The molecule has 0 rings (SSSR count). The fourth-order valence-corrected chi connectivity index (χ4v) is 0.114. The molecule has 1 radical (unpaired) electrons. The van der Waals surface area contributed by atoms with Crippen LogP contribution in [-0.2, 0) is 4.79 Å². The summed E-state index contributed by atoms with van der Waals surface area (Å²) in [5, 5.41) is 0. The zero-order valence-corrected chi connectivity index (χ0v) is 3.41. The van der Waals surface area contributed by atoms with Gasteiger partial charge in [-0.05, 0) is 12.8 Å². The van der Waals surface area contributed by atoms with Crippen molar-refractivity contribution >= 4 is 5.91 Å². The van der Waals surface area contributed by atoms with Crippen LogP contribution < -0.4 is 5.73 Å². The maximum Gasteiger partial charge on any atom is 0.314 e. The molecule has 6 heavy (non-hydrogen) atoms. The molecule has 0 fully saturated rings. The lowest BCUT2D eigenvalue weighted by Crippen LogP contribution is -1.88. The van der Waals surface area contributed by atoms with Crippen LogP contribution in [0, 0.1) is 11.8 Å². The smallest absolute Gasteiger partial charge is 0.258 e. The Balaban J connectivity index is 3.50. The molecule has 0 bridgehead atoms. The van der Waals surface area contributed by atoms with Crippen molar-refractivity contribution in [3.8, 4) is 11.8 Å². The third-order valence-electron chi connectivity index (χ3n) is 0.239. The zero-order chi connectivity index (χ0) is 4.99. The van der Waals surface area contributed by atoms with E-state index in [1.54, 1.807) is 0 Å². The first-order valence-electron chi connectivity index (χ1n) is 1.45. The van der Waals surface area contributed by atoms with Gasteiger partial charge in [-0.25, -0.2) is 0 Å². The molecule has 0 heterocycles. The van der Waals surface area contributed by atoms with Crippen LogP contribution in [-0.4, -0.2) is 5.91 Å². The summed E-state index contributed by atoms with van der Waals surface area (Å²) >= 11 is 0. The fraction of sp³-hybridized carbons (Fsp3) is 0.250. The van der Waals surface area contributed by atoms with E-state index in [0.29, 0.717) is 0 Å². The molecule has 0 aromatic carbocycles. The first-order chi connectivity index (χ1) is 2.77. The largest absolute Gasteiger partial charge is 0.314 e. The first-order valence-corrected chi connectivity index (χ1v) is 1.45. The third kappa shape index (κ3) is 3.03. The van der Waals surface area contributed by atoms with Crippen molar-refractivity contribution in [2.45, 2.75) is 6.92 Å². The Bertz CT molecular complexity index is 106. The van der Waals surface area contributed by atoms with Crippen LogP contribution in [0.25, 0.3) is 0 Å². The van der Waals surface area contributed by atoms with E-state index in [0.717, 1.165) is 0 Å². The normalized spacial score (nSPS) is 5.50. The summed E-state index contributed by atoms with van der Waals surface area (Å²) in [6.45, 7) is 1.52. The van der Waals surface area contributed by atoms with Gasteiger partial charge in [0.1, 0.15) is 0 Å². The van der Waals surface area contributed by atoms with Crippen molar-refractivity contribution in [1.82, 2.24) is 5.73 Å². The first kappa shape index (κ1) is 5.03. The molecular weight excluding hydrogens is 78.0 g/mol. The highest BCUT2D eigenvalue weighted by molar-refractivity contribution is 5.91. The van der Waals surface area contributed by atoms with Gasteiger partial charge in [-0.3, -0.25) is 10.5 Å². The Kier molecular flexibility index (Phi) is 1.91. The number of carbonyl (C=O) groups is 1. The highest BCUT2D eigenvalue weighted by atomic mass is 16.1. The minimum atomic E-state index is -0.822. The molecule has 0 aliphatic heterocycles.